The lowest BCUT2D eigenvalue weighted by Gasteiger charge is -2.22. The highest BCUT2D eigenvalue weighted by Crippen LogP contribution is 2.10. The third-order valence-corrected chi connectivity index (χ3v) is 2.95. The minimum absolute atomic E-state index is 0.218. The molecule has 1 aromatic rings. The summed E-state index contributed by atoms with van der Waals surface area (Å²) in [6.07, 6.45) is 0.511. The van der Waals surface area contributed by atoms with E-state index < -0.39 is 0 Å². The van der Waals surface area contributed by atoms with E-state index in [1.807, 2.05) is 26.1 Å². The average molecular weight is 246 g/mol. The first kappa shape index (κ1) is 14.2. The van der Waals surface area contributed by atoms with Gasteiger partial charge in [0.1, 0.15) is 0 Å². The Morgan fingerprint density at radius 1 is 1.44 bits per heavy atom. The predicted molar refractivity (Wildman–Crippen MR) is 68.9 cm³/mol. The van der Waals surface area contributed by atoms with Gasteiger partial charge >= 0.3 is 5.97 Å². The summed E-state index contributed by atoms with van der Waals surface area (Å²) in [4.78, 5) is 13.4. The molecule has 4 nitrogen and oxygen atoms in total. The van der Waals surface area contributed by atoms with Gasteiger partial charge in [0.15, 0.2) is 0 Å². The van der Waals surface area contributed by atoms with Gasteiger partial charge in [0.05, 0.1) is 25.2 Å². The number of nitriles is 1. The molecule has 18 heavy (non-hydrogen) atoms. The second-order valence-corrected chi connectivity index (χ2v) is 4.31. The van der Waals surface area contributed by atoms with E-state index in [0.29, 0.717) is 12.0 Å². The molecule has 96 valence electrons. The molecule has 0 spiro atoms. The molecule has 0 radical (unpaired) electrons. The molecule has 4 heteroatoms. The third-order valence-electron chi connectivity index (χ3n) is 2.95. The molecule has 0 aliphatic heterocycles. The quantitative estimate of drug-likeness (QED) is 0.747. The lowest BCUT2D eigenvalue weighted by molar-refractivity contribution is 0.0600. The SMILES string of the molecule is COC(=O)c1ccc(CN(C)C(C)CC#N)cc1. The van der Waals surface area contributed by atoms with Crippen LogP contribution in [0.2, 0.25) is 0 Å². The van der Waals surface area contributed by atoms with Gasteiger partial charge in [0.2, 0.25) is 0 Å². The first-order valence-electron chi connectivity index (χ1n) is 5.83. The summed E-state index contributed by atoms with van der Waals surface area (Å²) < 4.78 is 4.64. The molecule has 0 amide bonds. The molecule has 0 aliphatic carbocycles. The van der Waals surface area contributed by atoms with Gasteiger partial charge in [-0.25, -0.2) is 4.79 Å². The van der Waals surface area contributed by atoms with Gasteiger partial charge in [-0.15, -0.1) is 0 Å². The van der Waals surface area contributed by atoms with Crippen LogP contribution in [0.4, 0.5) is 0 Å². The number of rotatable bonds is 5. The average Bonchev–Trinajstić information content (AvgIpc) is 2.39. The topological polar surface area (TPSA) is 53.3 Å². The second kappa shape index (κ2) is 6.77. The fraction of sp³-hybridized carbons (Fsp3) is 0.429. The molecule has 0 aromatic heterocycles. The van der Waals surface area contributed by atoms with Crippen LogP contribution >= 0.6 is 0 Å². The molecule has 0 bridgehead atoms. The summed E-state index contributed by atoms with van der Waals surface area (Å²) in [6.45, 7) is 2.77. The molecule has 0 aliphatic rings. The van der Waals surface area contributed by atoms with E-state index in [-0.39, 0.29) is 12.0 Å². The third kappa shape index (κ3) is 3.86. The van der Waals surface area contributed by atoms with Crippen molar-refractivity contribution in [1.29, 1.82) is 5.26 Å². The van der Waals surface area contributed by atoms with Crippen molar-refractivity contribution in [1.82, 2.24) is 4.90 Å². The minimum atomic E-state index is -0.326. The largest absolute Gasteiger partial charge is 0.465 e. The van der Waals surface area contributed by atoms with Gasteiger partial charge in [-0.2, -0.15) is 5.26 Å². The van der Waals surface area contributed by atoms with E-state index in [9.17, 15) is 4.79 Å². The number of hydrogen-bond donors (Lipinski definition) is 0. The zero-order valence-electron chi connectivity index (χ0n) is 11.0. The lowest BCUT2D eigenvalue weighted by atomic mass is 10.1. The van der Waals surface area contributed by atoms with Crippen molar-refractivity contribution >= 4 is 5.97 Å². The Morgan fingerprint density at radius 3 is 2.56 bits per heavy atom. The van der Waals surface area contributed by atoms with Gasteiger partial charge in [-0.1, -0.05) is 12.1 Å². The van der Waals surface area contributed by atoms with Gasteiger partial charge in [-0.05, 0) is 31.7 Å². The molecule has 0 heterocycles. The molecule has 1 unspecified atom stereocenters. The van der Waals surface area contributed by atoms with E-state index >= 15 is 0 Å². The summed E-state index contributed by atoms with van der Waals surface area (Å²) in [5.41, 5.74) is 1.66. The normalized spacial score (nSPS) is 11.9. The van der Waals surface area contributed by atoms with Crippen molar-refractivity contribution < 1.29 is 9.53 Å². The van der Waals surface area contributed by atoms with Gasteiger partial charge in [0, 0.05) is 12.6 Å². The smallest absolute Gasteiger partial charge is 0.337 e. The van der Waals surface area contributed by atoms with Crippen LogP contribution in [-0.2, 0) is 11.3 Å². The number of benzene rings is 1. The van der Waals surface area contributed by atoms with Crippen LogP contribution in [-0.4, -0.2) is 31.1 Å². The minimum Gasteiger partial charge on any atom is -0.465 e. The molecule has 0 saturated carbocycles. The summed E-state index contributed by atoms with van der Waals surface area (Å²) in [5.74, 6) is -0.326. The standard InChI is InChI=1S/C14H18N2O2/c1-11(8-9-15)16(2)10-12-4-6-13(7-5-12)14(17)18-3/h4-7,11H,8,10H2,1-3H3. The number of esters is 1. The van der Waals surface area contributed by atoms with Crippen LogP contribution in [0.5, 0.6) is 0 Å². The first-order valence-corrected chi connectivity index (χ1v) is 5.83. The molecule has 0 saturated heterocycles. The fourth-order valence-electron chi connectivity index (χ4n) is 1.60. The van der Waals surface area contributed by atoms with Crippen molar-refractivity contribution in [3.8, 4) is 6.07 Å². The highest BCUT2D eigenvalue weighted by molar-refractivity contribution is 5.89. The summed E-state index contributed by atoms with van der Waals surface area (Å²) in [7, 11) is 3.35. The maximum Gasteiger partial charge on any atom is 0.337 e. The van der Waals surface area contributed by atoms with Crippen molar-refractivity contribution in [2.45, 2.75) is 25.9 Å². The summed E-state index contributed by atoms with van der Waals surface area (Å²) in [6, 6.07) is 9.70. The van der Waals surface area contributed by atoms with Gasteiger partial charge < -0.3 is 4.74 Å². The Balaban J connectivity index is 2.64. The molecule has 0 fully saturated rings. The molecule has 1 aromatic carbocycles. The van der Waals surface area contributed by atoms with Crippen molar-refractivity contribution in [3.05, 3.63) is 35.4 Å². The zero-order chi connectivity index (χ0) is 13.5. The van der Waals surface area contributed by atoms with Crippen LogP contribution in [0.1, 0.15) is 29.3 Å². The molecule has 1 atom stereocenters. The number of hydrogen-bond acceptors (Lipinski definition) is 4. The molecular weight excluding hydrogens is 228 g/mol. The summed E-state index contributed by atoms with van der Waals surface area (Å²) in [5, 5.41) is 8.65. The van der Waals surface area contributed by atoms with E-state index in [2.05, 4.69) is 15.7 Å². The second-order valence-electron chi connectivity index (χ2n) is 4.31. The summed E-state index contributed by atoms with van der Waals surface area (Å²) >= 11 is 0. The Bertz CT molecular complexity index is 434. The van der Waals surface area contributed by atoms with E-state index in [1.165, 1.54) is 7.11 Å². The maximum absolute atomic E-state index is 11.3. The molecule has 1 rings (SSSR count). The van der Waals surface area contributed by atoms with Crippen molar-refractivity contribution in [2.24, 2.45) is 0 Å². The van der Waals surface area contributed by atoms with Crippen molar-refractivity contribution in [3.63, 3.8) is 0 Å². The van der Waals surface area contributed by atoms with Crippen LogP contribution in [0.25, 0.3) is 0 Å². The molecule has 0 N–H and O–H groups in total. The van der Waals surface area contributed by atoms with Gasteiger partial charge in [-0.3, -0.25) is 4.90 Å². The van der Waals surface area contributed by atoms with E-state index in [0.717, 1.165) is 12.1 Å². The maximum atomic E-state index is 11.3. The number of methoxy groups -OCH3 is 1. The van der Waals surface area contributed by atoms with Gasteiger partial charge in [0.25, 0.3) is 0 Å². The number of carbonyl (C=O) groups excluding carboxylic acids is 1. The Hall–Kier alpha value is -1.86. The van der Waals surface area contributed by atoms with Crippen molar-refractivity contribution in [2.75, 3.05) is 14.2 Å². The Kier molecular flexibility index (Phi) is 5.34. The lowest BCUT2D eigenvalue weighted by Crippen LogP contribution is -2.28. The van der Waals surface area contributed by atoms with Crippen LogP contribution in [0.3, 0.4) is 0 Å². The highest BCUT2D eigenvalue weighted by atomic mass is 16.5. The van der Waals surface area contributed by atoms with Crippen LogP contribution in [0, 0.1) is 11.3 Å². The highest BCUT2D eigenvalue weighted by Gasteiger charge is 2.10. The van der Waals surface area contributed by atoms with E-state index in [4.69, 9.17) is 5.26 Å². The monoisotopic (exact) mass is 246 g/mol. The molecular formula is C14H18N2O2. The van der Waals surface area contributed by atoms with E-state index in [1.54, 1.807) is 12.1 Å². The van der Waals surface area contributed by atoms with Crippen LogP contribution in [0.15, 0.2) is 24.3 Å². The number of nitrogens with zero attached hydrogens (tertiary/aromatic N) is 2. The zero-order valence-corrected chi connectivity index (χ0v) is 11.0. The Labute approximate surface area is 108 Å². The fourth-order valence-corrected chi connectivity index (χ4v) is 1.60. The Morgan fingerprint density at radius 2 is 2.06 bits per heavy atom. The number of ether oxygens (including phenoxy) is 1. The van der Waals surface area contributed by atoms with Crippen LogP contribution < -0.4 is 0 Å². The predicted octanol–water partition coefficient (Wildman–Crippen LogP) is 2.21. The first-order chi connectivity index (χ1) is 8.58. The number of carbonyl (C=O) groups is 1.